The van der Waals surface area contributed by atoms with E-state index >= 15 is 0 Å². The van der Waals surface area contributed by atoms with Gasteiger partial charge in [0.05, 0.1) is 0 Å². The lowest BCUT2D eigenvalue weighted by Crippen LogP contribution is -2.48. The topological polar surface area (TPSA) is 78.5 Å². The van der Waals surface area contributed by atoms with Crippen LogP contribution in [-0.4, -0.2) is 41.9 Å². The lowest BCUT2D eigenvalue weighted by molar-refractivity contribution is -0.135. The van der Waals surface area contributed by atoms with Crippen LogP contribution < -0.4 is 10.6 Å². The highest BCUT2D eigenvalue weighted by Crippen LogP contribution is 2.33. The highest BCUT2D eigenvalue weighted by molar-refractivity contribution is 6.09. The number of imide groups is 1. The summed E-state index contributed by atoms with van der Waals surface area (Å²) in [6, 6.07) is -0.444. The summed E-state index contributed by atoms with van der Waals surface area (Å²) >= 11 is 0. The third-order valence-corrected chi connectivity index (χ3v) is 3.53. The third-order valence-electron chi connectivity index (χ3n) is 3.53. The summed E-state index contributed by atoms with van der Waals surface area (Å²) in [5.41, 5.74) is -0.733. The molecule has 1 saturated heterocycles. The second-order valence-corrected chi connectivity index (χ2v) is 4.64. The minimum atomic E-state index is -0.733. The van der Waals surface area contributed by atoms with E-state index in [1.54, 1.807) is 0 Å². The molecular formula is C11H17N3O3. The monoisotopic (exact) mass is 239 g/mol. The number of likely N-dealkylation sites (N-methyl/N-ethyl adjacent to an activating group) is 1. The minimum absolute atomic E-state index is 0.192. The molecule has 0 radical (unpaired) electrons. The van der Waals surface area contributed by atoms with Crippen LogP contribution in [0.15, 0.2) is 0 Å². The molecule has 2 N–H and O–H groups in total. The van der Waals surface area contributed by atoms with Gasteiger partial charge in [-0.05, 0) is 12.8 Å². The summed E-state index contributed by atoms with van der Waals surface area (Å²) < 4.78 is 0. The van der Waals surface area contributed by atoms with Gasteiger partial charge in [0.1, 0.15) is 12.1 Å². The maximum atomic E-state index is 12.2. The number of nitrogens with one attached hydrogen (secondary N) is 2. The second-order valence-electron chi connectivity index (χ2n) is 4.64. The highest BCUT2D eigenvalue weighted by Gasteiger charge is 2.51. The molecule has 4 amide bonds. The van der Waals surface area contributed by atoms with Crippen LogP contribution in [0.4, 0.5) is 4.79 Å². The van der Waals surface area contributed by atoms with Crippen LogP contribution >= 0.6 is 0 Å². The number of hydrogen-bond donors (Lipinski definition) is 2. The van der Waals surface area contributed by atoms with Gasteiger partial charge >= 0.3 is 6.03 Å². The summed E-state index contributed by atoms with van der Waals surface area (Å²) in [5.74, 6) is -0.577. The first-order valence-corrected chi connectivity index (χ1v) is 5.94. The van der Waals surface area contributed by atoms with Gasteiger partial charge in [-0.15, -0.1) is 0 Å². The standard InChI is InChI=1S/C11H17N3O3/c1-12-8(15)7-14-9(16)11(13-10(14)17)5-3-2-4-6-11/h2-7H2,1H3,(H,12,15)(H,13,17). The van der Waals surface area contributed by atoms with Crippen molar-refractivity contribution in [3.05, 3.63) is 0 Å². The lowest BCUT2D eigenvalue weighted by Gasteiger charge is -2.30. The van der Waals surface area contributed by atoms with Gasteiger partial charge in [0.25, 0.3) is 5.91 Å². The Morgan fingerprint density at radius 2 is 2.00 bits per heavy atom. The summed E-state index contributed by atoms with van der Waals surface area (Å²) in [6.45, 7) is -0.192. The van der Waals surface area contributed by atoms with E-state index in [-0.39, 0.29) is 18.4 Å². The Bertz CT molecular complexity index is 361. The van der Waals surface area contributed by atoms with Crippen LogP contribution in [0.3, 0.4) is 0 Å². The SMILES string of the molecule is CNC(=O)CN1C(=O)NC2(CCCCC2)C1=O. The Morgan fingerprint density at radius 1 is 1.35 bits per heavy atom. The molecule has 1 aliphatic heterocycles. The molecule has 1 heterocycles. The van der Waals surface area contributed by atoms with E-state index in [4.69, 9.17) is 0 Å². The molecule has 17 heavy (non-hydrogen) atoms. The number of nitrogens with zero attached hydrogens (tertiary/aromatic N) is 1. The van der Waals surface area contributed by atoms with Crippen LogP contribution in [0.25, 0.3) is 0 Å². The van der Waals surface area contributed by atoms with Gasteiger partial charge in [0, 0.05) is 7.05 Å². The molecule has 2 rings (SSSR count). The Hall–Kier alpha value is -1.59. The van der Waals surface area contributed by atoms with Crippen molar-refractivity contribution >= 4 is 17.8 Å². The number of rotatable bonds is 2. The third kappa shape index (κ3) is 1.99. The van der Waals surface area contributed by atoms with E-state index in [1.165, 1.54) is 7.05 Å². The normalized spacial score (nSPS) is 22.8. The molecular weight excluding hydrogens is 222 g/mol. The van der Waals surface area contributed by atoms with E-state index in [0.29, 0.717) is 12.8 Å². The lowest BCUT2D eigenvalue weighted by atomic mass is 9.82. The largest absolute Gasteiger partial charge is 0.358 e. The zero-order chi connectivity index (χ0) is 12.5. The summed E-state index contributed by atoms with van der Waals surface area (Å²) in [5, 5.41) is 5.17. The van der Waals surface area contributed by atoms with Gasteiger partial charge in [0.2, 0.25) is 5.91 Å². The number of amides is 4. The van der Waals surface area contributed by atoms with Crippen molar-refractivity contribution in [1.82, 2.24) is 15.5 Å². The van der Waals surface area contributed by atoms with Crippen molar-refractivity contribution < 1.29 is 14.4 Å². The zero-order valence-electron chi connectivity index (χ0n) is 9.91. The average molecular weight is 239 g/mol. The summed E-state index contributed by atoms with van der Waals surface area (Å²) in [4.78, 5) is 36.2. The molecule has 2 fully saturated rings. The maximum Gasteiger partial charge on any atom is 0.325 e. The predicted octanol–water partition coefficient (Wildman–Crippen LogP) is -0.0129. The van der Waals surface area contributed by atoms with Crippen LogP contribution in [0, 0.1) is 0 Å². The molecule has 0 aromatic heterocycles. The van der Waals surface area contributed by atoms with Crippen molar-refractivity contribution in [2.45, 2.75) is 37.6 Å². The highest BCUT2D eigenvalue weighted by atomic mass is 16.2. The molecule has 0 unspecified atom stereocenters. The molecule has 1 saturated carbocycles. The van der Waals surface area contributed by atoms with Crippen molar-refractivity contribution in [3.63, 3.8) is 0 Å². The van der Waals surface area contributed by atoms with Crippen LogP contribution in [0.2, 0.25) is 0 Å². The van der Waals surface area contributed by atoms with Gasteiger partial charge in [0.15, 0.2) is 0 Å². The molecule has 0 aromatic rings. The molecule has 1 aliphatic carbocycles. The molecule has 94 valence electrons. The van der Waals surface area contributed by atoms with E-state index in [9.17, 15) is 14.4 Å². The van der Waals surface area contributed by atoms with E-state index in [1.807, 2.05) is 0 Å². The quantitative estimate of drug-likeness (QED) is 0.665. The molecule has 2 aliphatic rings. The van der Waals surface area contributed by atoms with Gasteiger partial charge in [-0.3, -0.25) is 14.5 Å². The van der Waals surface area contributed by atoms with Crippen molar-refractivity contribution in [1.29, 1.82) is 0 Å². The first-order chi connectivity index (χ1) is 8.09. The van der Waals surface area contributed by atoms with Gasteiger partial charge in [-0.2, -0.15) is 0 Å². The maximum absolute atomic E-state index is 12.2. The first-order valence-electron chi connectivity index (χ1n) is 5.94. The fourth-order valence-electron chi connectivity index (χ4n) is 2.54. The van der Waals surface area contributed by atoms with E-state index < -0.39 is 11.6 Å². The van der Waals surface area contributed by atoms with E-state index in [2.05, 4.69) is 10.6 Å². The Morgan fingerprint density at radius 3 is 2.59 bits per heavy atom. The zero-order valence-corrected chi connectivity index (χ0v) is 9.91. The fourth-order valence-corrected chi connectivity index (χ4v) is 2.54. The number of carbonyl (C=O) groups excluding carboxylic acids is 3. The smallest absolute Gasteiger partial charge is 0.325 e. The fraction of sp³-hybridized carbons (Fsp3) is 0.727. The molecule has 6 nitrogen and oxygen atoms in total. The van der Waals surface area contributed by atoms with Gasteiger partial charge in [-0.25, -0.2) is 4.79 Å². The minimum Gasteiger partial charge on any atom is -0.358 e. The van der Waals surface area contributed by atoms with E-state index in [0.717, 1.165) is 24.2 Å². The van der Waals surface area contributed by atoms with Crippen molar-refractivity contribution in [2.24, 2.45) is 0 Å². The molecule has 0 atom stereocenters. The second kappa shape index (κ2) is 4.35. The Labute approximate surface area is 99.7 Å². The predicted molar refractivity (Wildman–Crippen MR) is 60.1 cm³/mol. The molecule has 6 heteroatoms. The van der Waals surface area contributed by atoms with Crippen molar-refractivity contribution in [3.8, 4) is 0 Å². The Kier molecular flexibility index (Phi) is 3.04. The Balaban J connectivity index is 2.13. The number of urea groups is 1. The number of carbonyl (C=O) groups is 3. The summed E-state index contributed by atoms with van der Waals surface area (Å²) in [6.07, 6.45) is 4.35. The van der Waals surface area contributed by atoms with Gasteiger partial charge < -0.3 is 10.6 Å². The first kappa shape index (κ1) is 11.9. The molecule has 1 spiro atoms. The number of hydrogen-bond acceptors (Lipinski definition) is 3. The van der Waals surface area contributed by atoms with Crippen LogP contribution in [0.1, 0.15) is 32.1 Å². The van der Waals surface area contributed by atoms with Gasteiger partial charge in [-0.1, -0.05) is 19.3 Å². The molecule has 0 aromatic carbocycles. The van der Waals surface area contributed by atoms with Crippen LogP contribution in [0.5, 0.6) is 0 Å². The molecule has 0 bridgehead atoms. The average Bonchev–Trinajstić information content (AvgIpc) is 2.55. The van der Waals surface area contributed by atoms with Crippen molar-refractivity contribution in [2.75, 3.05) is 13.6 Å². The summed E-state index contributed by atoms with van der Waals surface area (Å²) in [7, 11) is 1.48. The van der Waals surface area contributed by atoms with Crippen LogP contribution in [-0.2, 0) is 9.59 Å².